The highest BCUT2D eigenvalue weighted by Crippen LogP contribution is 2.17. The third-order valence-corrected chi connectivity index (χ3v) is 3.68. The van der Waals surface area contributed by atoms with E-state index in [1.165, 1.54) is 12.1 Å². The van der Waals surface area contributed by atoms with E-state index in [0.717, 1.165) is 26.1 Å². The van der Waals surface area contributed by atoms with Crippen molar-refractivity contribution in [2.24, 2.45) is 0 Å². The van der Waals surface area contributed by atoms with E-state index in [4.69, 9.17) is 16.7 Å². The SMILES string of the molecule is O=C(O)CN1CCCN(Cc2cc(Cl)ccc2F)CC1. The predicted molar refractivity (Wildman–Crippen MR) is 75.4 cm³/mol. The molecule has 1 aromatic rings. The molecule has 0 radical (unpaired) electrons. The lowest BCUT2D eigenvalue weighted by Crippen LogP contribution is -2.34. The van der Waals surface area contributed by atoms with E-state index in [1.807, 2.05) is 4.90 Å². The molecule has 0 aromatic heterocycles. The maximum atomic E-state index is 13.7. The van der Waals surface area contributed by atoms with Crippen molar-refractivity contribution in [3.8, 4) is 0 Å². The average molecular weight is 301 g/mol. The molecular weight excluding hydrogens is 283 g/mol. The van der Waals surface area contributed by atoms with Crippen LogP contribution in [-0.2, 0) is 11.3 Å². The molecule has 2 rings (SSSR count). The van der Waals surface area contributed by atoms with Crippen LogP contribution in [0.15, 0.2) is 18.2 Å². The number of nitrogens with zero attached hydrogens (tertiary/aromatic N) is 2. The Balaban J connectivity index is 1.94. The van der Waals surface area contributed by atoms with Crippen LogP contribution in [0.1, 0.15) is 12.0 Å². The molecule has 0 atom stereocenters. The molecule has 0 amide bonds. The fourth-order valence-electron chi connectivity index (χ4n) is 2.44. The summed E-state index contributed by atoms with van der Waals surface area (Å²) in [5.41, 5.74) is 0.587. The second-order valence-corrected chi connectivity index (χ2v) is 5.47. The summed E-state index contributed by atoms with van der Waals surface area (Å²) in [4.78, 5) is 14.8. The Kier molecular flexibility index (Phi) is 5.34. The summed E-state index contributed by atoms with van der Waals surface area (Å²) in [7, 11) is 0. The third-order valence-electron chi connectivity index (χ3n) is 3.44. The molecule has 0 aliphatic carbocycles. The van der Waals surface area contributed by atoms with Crippen LogP contribution in [-0.4, -0.2) is 53.6 Å². The maximum Gasteiger partial charge on any atom is 0.317 e. The number of hydrogen-bond acceptors (Lipinski definition) is 3. The van der Waals surface area contributed by atoms with Gasteiger partial charge in [0.15, 0.2) is 0 Å². The van der Waals surface area contributed by atoms with Gasteiger partial charge in [-0.25, -0.2) is 4.39 Å². The molecule has 0 bridgehead atoms. The molecule has 0 unspecified atom stereocenters. The molecule has 1 heterocycles. The molecular formula is C14H18ClFN2O2. The fourth-order valence-corrected chi connectivity index (χ4v) is 2.63. The van der Waals surface area contributed by atoms with Gasteiger partial charge in [0.1, 0.15) is 5.82 Å². The summed E-state index contributed by atoms with van der Waals surface area (Å²) in [5, 5.41) is 9.34. The first-order chi connectivity index (χ1) is 9.54. The molecule has 6 heteroatoms. The van der Waals surface area contributed by atoms with E-state index in [0.29, 0.717) is 23.7 Å². The standard InChI is InChI=1S/C14H18ClFN2O2/c15-12-2-3-13(16)11(8-12)9-17-4-1-5-18(7-6-17)10-14(19)20/h2-3,8H,1,4-7,9-10H2,(H,19,20). The van der Waals surface area contributed by atoms with Gasteiger partial charge < -0.3 is 5.11 Å². The van der Waals surface area contributed by atoms with Crippen molar-refractivity contribution in [3.05, 3.63) is 34.6 Å². The molecule has 1 aliphatic rings. The Hall–Kier alpha value is -1.17. The minimum absolute atomic E-state index is 0.0688. The highest BCUT2D eigenvalue weighted by molar-refractivity contribution is 6.30. The quantitative estimate of drug-likeness (QED) is 0.924. The van der Waals surface area contributed by atoms with Gasteiger partial charge >= 0.3 is 5.97 Å². The Bertz CT molecular complexity index is 484. The molecule has 110 valence electrons. The molecule has 0 saturated carbocycles. The Morgan fingerprint density at radius 1 is 1.25 bits per heavy atom. The van der Waals surface area contributed by atoms with Gasteiger partial charge in [0, 0.05) is 36.8 Å². The fraction of sp³-hybridized carbons (Fsp3) is 0.500. The average Bonchev–Trinajstić information content (AvgIpc) is 2.59. The molecule has 1 aromatic carbocycles. The number of rotatable bonds is 4. The van der Waals surface area contributed by atoms with Crippen LogP contribution in [0.5, 0.6) is 0 Å². The van der Waals surface area contributed by atoms with E-state index in [9.17, 15) is 9.18 Å². The first-order valence-electron chi connectivity index (χ1n) is 6.65. The Morgan fingerprint density at radius 2 is 1.95 bits per heavy atom. The van der Waals surface area contributed by atoms with Crippen molar-refractivity contribution in [2.45, 2.75) is 13.0 Å². The normalized spacial score (nSPS) is 17.9. The van der Waals surface area contributed by atoms with Crippen LogP contribution in [0.2, 0.25) is 5.02 Å². The minimum Gasteiger partial charge on any atom is -0.480 e. The largest absolute Gasteiger partial charge is 0.480 e. The first-order valence-corrected chi connectivity index (χ1v) is 7.03. The van der Waals surface area contributed by atoms with Crippen molar-refractivity contribution < 1.29 is 14.3 Å². The molecule has 1 N–H and O–H groups in total. The van der Waals surface area contributed by atoms with Gasteiger partial charge in [0.25, 0.3) is 0 Å². The summed E-state index contributed by atoms with van der Waals surface area (Å²) in [6.45, 7) is 3.60. The lowest BCUT2D eigenvalue weighted by Gasteiger charge is -2.21. The van der Waals surface area contributed by atoms with E-state index in [2.05, 4.69) is 4.90 Å². The third kappa shape index (κ3) is 4.44. The monoisotopic (exact) mass is 300 g/mol. The van der Waals surface area contributed by atoms with Crippen LogP contribution in [0.25, 0.3) is 0 Å². The van der Waals surface area contributed by atoms with Crippen molar-refractivity contribution in [3.63, 3.8) is 0 Å². The van der Waals surface area contributed by atoms with Crippen molar-refractivity contribution >= 4 is 17.6 Å². The second-order valence-electron chi connectivity index (χ2n) is 5.04. The van der Waals surface area contributed by atoms with Crippen LogP contribution in [0.4, 0.5) is 4.39 Å². The second kappa shape index (κ2) is 7.02. The molecule has 0 spiro atoms. The van der Waals surface area contributed by atoms with Crippen LogP contribution in [0.3, 0.4) is 0 Å². The van der Waals surface area contributed by atoms with Gasteiger partial charge in [-0.2, -0.15) is 0 Å². The van der Waals surface area contributed by atoms with Crippen molar-refractivity contribution in [1.29, 1.82) is 0 Å². The first kappa shape index (κ1) is 15.2. The van der Waals surface area contributed by atoms with Crippen molar-refractivity contribution in [1.82, 2.24) is 9.80 Å². The van der Waals surface area contributed by atoms with E-state index in [-0.39, 0.29) is 12.4 Å². The minimum atomic E-state index is -0.806. The highest BCUT2D eigenvalue weighted by Gasteiger charge is 2.17. The Morgan fingerprint density at radius 3 is 2.70 bits per heavy atom. The van der Waals surface area contributed by atoms with Gasteiger partial charge in [-0.05, 0) is 31.2 Å². The number of halogens is 2. The number of hydrogen-bond donors (Lipinski definition) is 1. The van der Waals surface area contributed by atoms with Gasteiger partial charge in [-0.15, -0.1) is 0 Å². The summed E-state index contributed by atoms with van der Waals surface area (Å²) in [6, 6.07) is 4.57. The molecule has 1 fully saturated rings. The molecule has 1 aliphatic heterocycles. The molecule has 1 saturated heterocycles. The summed E-state index contributed by atoms with van der Waals surface area (Å²) < 4.78 is 13.7. The van der Waals surface area contributed by atoms with Gasteiger partial charge in [-0.1, -0.05) is 11.6 Å². The lowest BCUT2D eigenvalue weighted by atomic mass is 10.2. The predicted octanol–water partition coefficient (Wildman–Crippen LogP) is 2.07. The smallest absolute Gasteiger partial charge is 0.317 e. The highest BCUT2D eigenvalue weighted by atomic mass is 35.5. The number of carboxylic acids is 1. The van der Waals surface area contributed by atoms with Gasteiger partial charge in [-0.3, -0.25) is 14.6 Å². The van der Waals surface area contributed by atoms with Gasteiger partial charge in [0.05, 0.1) is 6.54 Å². The van der Waals surface area contributed by atoms with E-state index in [1.54, 1.807) is 6.07 Å². The lowest BCUT2D eigenvalue weighted by molar-refractivity contribution is -0.138. The summed E-state index contributed by atoms with van der Waals surface area (Å²) in [6.07, 6.45) is 0.884. The van der Waals surface area contributed by atoms with Crippen molar-refractivity contribution in [2.75, 3.05) is 32.7 Å². The zero-order valence-electron chi connectivity index (χ0n) is 11.2. The molecule has 20 heavy (non-hydrogen) atoms. The zero-order chi connectivity index (χ0) is 14.5. The van der Waals surface area contributed by atoms with Crippen LogP contribution >= 0.6 is 11.6 Å². The van der Waals surface area contributed by atoms with Gasteiger partial charge in [0.2, 0.25) is 0 Å². The Labute approximate surface area is 122 Å². The van der Waals surface area contributed by atoms with Crippen LogP contribution < -0.4 is 0 Å². The topological polar surface area (TPSA) is 43.8 Å². The zero-order valence-corrected chi connectivity index (χ0v) is 11.9. The maximum absolute atomic E-state index is 13.7. The number of benzene rings is 1. The van der Waals surface area contributed by atoms with Crippen LogP contribution in [0, 0.1) is 5.82 Å². The molecule has 4 nitrogen and oxygen atoms in total. The number of carbonyl (C=O) groups is 1. The number of carboxylic acid groups (broad SMARTS) is 1. The summed E-state index contributed by atoms with van der Waals surface area (Å²) in [5.74, 6) is -1.06. The van der Waals surface area contributed by atoms with E-state index >= 15 is 0 Å². The van der Waals surface area contributed by atoms with E-state index < -0.39 is 5.97 Å². The number of aliphatic carboxylic acids is 1. The summed E-state index contributed by atoms with van der Waals surface area (Å²) >= 11 is 5.89.